The van der Waals surface area contributed by atoms with Crippen molar-refractivity contribution in [3.63, 3.8) is 0 Å². The molecule has 26 heavy (non-hydrogen) atoms. The van der Waals surface area contributed by atoms with Crippen LogP contribution in [0, 0.1) is 0 Å². The van der Waals surface area contributed by atoms with Crippen molar-refractivity contribution < 1.29 is 9.53 Å². The van der Waals surface area contributed by atoms with Crippen LogP contribution >= 0.6 is 23.2 Å². The van der Waals surface area contributed by atoms with Crippen LogP contribution in [0.2, 0.25) is 10.0 Å². The lowest BCUT2D eigenvalue weighted by molar-refractivity contribution is -0.123. The van der Waals surface area contributed by atoms with Crippen LogP contribution in [0.25, 0.3) is 0 Å². The molecule has 0 spiro atoms. The second-order valence-corrected chi connectivity index (χ2v) is 7.13. The minimum atomic E-state index is -0.353. The number of carbonyl (C=O) groups is 1. The number of rotatable bonds is 5. The van der Waals surface area contributed by atoms with E-state index in [1.165, 1.54) is 24.0 Å². The van der Waals surface area contributed by atoms with Gasteiger partial charge in [0.2, 0.25) is 0 Å². The fraction of sp³-hybridized carbons (Fsp3) is 0.300. The molecule has 2 aromatic carbocycles. The molecular formula is C20H20Cl2N2O2. The summed E-state index contributed by atoms with van der Waals surface area (Å²) in [5, 5.41) is 5.05. The fourth-order valence-corrected chi connectivity index (χ4v) is 3.40. The minimum Gasteiger partial charge on any atom is -0.482 e. The number of hydrazone groups is 1. The summed E-state index contributed by atoms with van der Waals surface area (Å²) in [6.45, 7) is 1.70. The molecule has 1 aliphatic rings. The molecule has 0 saturated heterocycles. The van der Waals surface area contributed by atoms with E-state index < -0.39 is 0 Å². The van der Waals surface area contributed by atoms with E-state index in [4.69, 9.17) is 27.9 Å². The zero-order chi connectivity index (χ0) is 18.5. The lowest BCUT2D eigenvalue weighted by Gasteiger charge is -2.16. The van der Waals surface area contributed by atoms with Gasteiger partial charge in [0.05, 0.1) is 10.7 Å². The number of ether oxygens (including phenoxy) is 1. The van der Waals surface area contributed by atoms with E-state index in [1.54, 1.807) is 18.2 Å². The summed E-state index contributed by atoms with van der Waals surface area (Å²) >= 11 is 11.8. The third kappa shape index (κ3) is 4.77. The highest BCUT2D eigenvalue weighted by Gasteiger charge is 2.11. The van der Waals surface area contributed by atoms with E-state index >= 15 is 0 Å². The molecule has 1 amide bonds. The Morgan fingerprint density at radius 2 is 1.88 bits per heavy atom. The van der Waals surface area contributed by atoms with Crippen LogP contribution in [0.5, 0.6) is 5.75 Å². The number of nitrogens with one attached hydrogen (secondary N) is 1. The van der Waals surface area contributed by atoms with Crippen molar-refractivity contribution >= 4 is 34.8 Å². The number of hydrogen-bond donors (Lipinski definition) is 1. The first-order chi connectivity index (χ1) is 12.5. The average molecular weight is 391 g/mol. The van der Waals surface area contributed by atoms with Crippen molar-refractivity contribution in [1.82, 2.24) is 5.43 Å². The van der Waals surface area contributed by atoms with Gasteiger partial charge in [-0.3, -0.25) is 4.79 Å². The molecule has 136 valence electrons. The smallest absolute Gasteiger partial charge is 0.277 e. The molecular weight excluding hydrogens is 371 g/mol. The molecule has 0 radical (unpaired) electrons. The van der Waals surface area contributed by atoms with E-state index in [9.17, 15) is 4.79 Å². The van der Waals surface area contributed by atoms with Crippen molar-refractivity contribution in [2.45, 2.75) is 32.6 Å². The highest BCUT2D eigenvalue weighted by molar-refractivity contribution is 6.35. The summed E-state index contributed by atoms with van der Waals surface area (Å²) in [4.78, 5) is 12.0. The van der Waals surface area contributed by atoms with Crippen molar-refractivity contribution in [1.29, 1.82) is 0 Å². The van der Waals surface area contributed by atoms with Crippen molar-refractivity contribution in [2.75, 3.05) is 6.61 Å². The fourth-order valence-electron chi connectivity index (χ4n) is 2.94. The summed E-state index contributed by atoms with van der Waals surface area (Å²) < 4.78 is 5.39. The third-order valence-corrected chi connectivity index (χ3v) is 4.90. The average Bonchev–Trinajstić information content (AvgIpc) is 2.65. The van der Waals surface area contributed by atoms with Crippen LogP contribution in [0.3, 0.4) is 0 Å². The molecule has 4 nitrogen and oxygen atoms in total. The Labute approximate surface area is 163 Å². The van der Waals surface area contributed by atoms with Gasteiger partial charge in [0.15, 0.2) is 6.61 Å². The van der Waals surface area contributed by atoms with Gasteiger partial charge >= 0.3 is 0 Å². The number of nitrogens with zero attached hydrogens (tertiary/aromatic N) is 1. The number of aryl methyl sites for hydroxylation is 2. The SMILES string of the molecule is C/C(=N/NC(=O)COc1ccc(Cl)cc1Cl)c1ccc2c(c1)CCCC2. The number of hydrogen-bond acceptors (Lipinski definition) is 3. The van der Waals surface area contributed by atoms with Crippen LogP contribution in [-0.4, -0.2) is 18.2 Å². The highest BCUT2D eigenvalue weighted by Crippen LogP contribution is 2.27. The molecule has 0 bridgehead atoms. The zero-order valence-corrected chi connectivity index (χ0v) is 16.0. The molecule has 0 aromatic heterocycles. The van der Waals surface area contributed by atoms with Crippen LogP contribution < -0.4 is 10.2 Å². The molecule has 2 aromatic rings. The van der Waals surface area contributed by atoms with E-state index in [0.717, 1.165) is 24.1 Å². The van der Waals surface area contributed by atoms with Crippen molar-refractivity contribution in [3.05, 3.63) is 63.1 Å². The maximum Gasteiger partial charge on any atom is 0.277 e. The van der Waals surface area contributed by atoms with Gasteiger partial charge in [-0.05, 0) is 73.6 Å². The monoisotopic (exact) mass is 390 g/mol. The summed E-state index contributed by atoms with van der Waals surface area (Å²) in [5.41, 5.74) is 7.10. The quantitative estimate of drug-likeness (QED) is 0.589. The Hall–Kier alpha value is -2.04. The molecule has 0 atom stereocenters. The van der Waals surface area contributed by atoms with Gasteiger partial charge in [-0.1, -0.05) is 35.3 Å². The zero-order valence-electron chi connectivity index (χ0n) is 14.5. The number of carbonyl (C=O) groups excluding carboxylic acids is 1. The Balaban J connectivity index is 1.57. The van der Waals surface area contributed by atoms with E-state index in [0.29, 0.717) is 15.8 Å². The van der Waals surface area contributed by atoms with Gasteiger partial charge in [-0.2, -0.15) is 5.10 Å². The van der Waals surface area contributed by atoms with Gasteiger partial charge in [0, 0.05) is 5.02 Å². The number of amides is 1. The second kappa shape index (κ2) is 8.56. The van der Waals surface area contributed by atoms with E-state index in [1.807, 2.05) is 6.92 Å². The van der Waals surface area contributed by atoms with Gasteiger partial charge in [-0.25, -0.2) is 5.43 Å². The largest absolute Gasteiger partial charge is 0.482 e. The normalized spacial score (nSPS) is 13.9. The summed E-state index contributed by atoms with van der Waals surface area (Å²) in [6.07, 6.45) is 4.74. The van der Waals surface area contributed by atoms with Gasteiger partial charge in [-0.15, -0.1) is 0 Å². The minimum absolute atomic E-state index is 0.178. The molecule has 1 N–H and O–H groups in total. The predicted octanol–water partition coefficient (Wildman–Crippen LogP) is 4.79. The summed E-state index contributed by atoms with van der Waals surface area (Å²) in [6, 6.07) is 11.2. The maximum absolute atomic E-state index is 12.0. The van der Waals surface area contributed by atoms with Crippen molar-refractivity contribution in [3.8, 4) is 5.75 Å². The van der Waals surface area contributed by atoms with Crippen molar-refractivity contribution in [2.24, 2.45) is 5.10 Å². The van der Waals surface area contributed by atoms with Gasteiger partial charge < -0.3 is 4.74 Å². The number of halogens is 2. The number of fused-ring (bicyclic) bond motifs is 1. The molecule has 3 rings (SSSR count). The Bertz CT molecular complexity index is 850. The topological polar surface area (TPSA) is 50.7 Å². The standard InChI is InChI=1S/C20H20Cl2N2O2/c1-13(15-7-6-14-4-2-3-5-16(14)10-15)23-24-20(25)12-26-19-9-8-17(21)11-18(19)22/h6-11H,2-5,12H2,1H3,(H,24,25)/b23-13-. The lowest BCUT2D eigenvalue weighted by atomic mass is 9.90. The molecule has 0 aliphatic heterocycles. The Morgan fingerprint density at radius 1 is 1.12 bits per heavy atom. The first-order valence-electron chi connectivity index (χ1n) is 8.56. The first-order valence-corrected chi connectivity index (χ1v) is 9.31. The number of benzene rings is 2. The maximum atomic E-state index is 12.0. The Morgan fingerprint density at radius 3 is 2.65 bits per heavy atom. The van der Waals surface area contributed by atoms with Crippen LogP contribution in [0.1, 0.15) is 36.5 Å². The first kappa shape index (κ1) is 18.7. The molecule has 6 heteroatoms. The summed E-state index contributed by atoms with van der Waals surface area (Å²) in [5.74, 6) is 0.0509. The van der Waals surface area contributed by atoms with Gasteiger partial charge in [0.1, 0.15) is 5.75 Å². The van der Waals surface area contributed by atoms with Crippen LogP contribution in [-0.2, 0) is 17.6 Å². The van der Waals surface area contributed by atoms with E-state index in [2.05, 4.69) is 28.7 Å². The third-order valence-electron chi connectivity index (χ3n) is 4.37. The summed E-state index contributed by atoms with van der Waals surface area (Å²) in [7, 11) is 0. The second-order valence-electron chi connectivity index (χ2n) is 6.29. The molecule has 1 aliphatic carbocycles. The molecule has 0 fully saturated rings. The van der Waals surface area contributed by atoms with Gasteiger partial charge in [0.25, 0.3) is 5.91 Å². The Kier molecular flexibility index (Phi) is 6.17. The molecule has 0 heterocycles. The molecule has 0 unspecified atom stereocenters. The molecule has 0 saturated carbocycles. The van der Waals surface area contributed by atoms with Crippen LogP contribution in [0.15, 0.2) is 41.5 Å². The van der Waals surface area contributed by atoms with Crippen LogP contribution in [0.4, 0.5) is 0 Å². The van der Waals surface area contributed by atoms with E-state index in [-0.39, 0.29) is 12.5 Å². The lowest BCUT2D eigenvalue weighted by Crippen LogP contribution is -2.25. The highest BCUT2D eigenvalue weighted by atomic mass is 35.5. The predicted molar refractivity (Wildman–Crippen MR) is 105 cm³/mol.